The summed E-state index contributed by atoms with van der Waals surface area (Å²) in [5.41, 5.74) is 6.79. The maximum Gasteiger partial charge on any atom is 0.514 e. The van der Waals surface area contributed by atoms with Gasteiger partial charge in [-0.2, -0.15) is 0 Å². The molecule has 2 fully saturated rings. The third-order valence-electron chi connectivity index (χ3n) is 4.50. The van der Waals surface area contributed by atoms with Gasteiger partial charge < -0.3 is 19.8 Å². The minimum absolute atomic E-state index is 0.333. The molecule has 1 aliphatic heterocycles. The quantitative estimate of drug-likeness (QED) is 0.849. The van der Waals surface area contributed by atoms with Crippen molar-refractivity contribution in [1.82, 2.24) is 4.98 Å². The molecule has 1 aromatic rings. The highest BCUT2D eigenvalue weighted by Crippen LogP contribution is 2.36. The molecule has 0 amide bonds. The molecule has 1 saturated carbocycles. The van der Waals surface area contributed by atoms with Gasteiger partial charge in [-0.1, -0.05) is 0 Å². The van der Waals surface area contributed by atoms with Crippen molar-refractivity contribution < 1.29 is 14.0 Å². The lowest BCUT2D eigenvalue weighted by Gasteiger charge is -2.32. The molecular weight excluding hydrogens is 267 g/mol. The van der Waals surface area contributed by atoms with Crippen LogP contribution in [0.5, 0.6) is 5.75 Å². The summed E-state index contributed by atoms with van der Waals surface area (Å²) < 4.78 is 17.9. The van der Waals surface area contributed by atoms with Crippen LogP contribution in [0.1, 0.15) is 46.1 Å². The third-order valence-corrected chi connectivity index (χ3v) is 4.50. The largest absolute Gasteiger partial charge is 0.514 e. The Morgan fingerprint density at radius 1 is 1.29 bits per heavy atom. The standard InChI is InChI=1S/C15H23BN2O3/c1-14(2)15(3,4)21-16(20-14)13-7-10(8-17)12(9-18-13)19-11-5-6-11/h7,9,11H,5-6,8,17H2,1-4H3. The van der Waals surface area contributed by atoms with E-state index in [0.29, 0.717) is 12.6 Å². The van der Waals surface area contributed by atoms with Gasteiger partial charge in [0.15, 0.2) is 0 Å². The first-order valence-electron chi connectivity index (χ1n) is 7.53. The molecule has 0 spiro atoms. The van der Waals surface area contributed by atoms with Crippen molar-refractivity contribution in [3.63, 3.8) is 0 Å². The van der Waals surface area contributed by atoms with Crippen LogP contribution in [-0.4, -0.2) is 29.4 Å². The van der Waals surface area contributed by atoms with E-state index >= 15 is 0 Å². The highest BCUT2D eigenvalue weighted by Gasteiger charge is 2.52. The molecule has 0 aromatic carbocycles. The number of ether oxygens (including phenoxy) is 1. The van der Waals surface area contributed by atoms with Gasteiger partial charge in [0.1, 0.15) is 5.75 Å². The maximum atomic E-state index is 6.02. The molecule has 21 heavy (non-hydrogen) atoms. The monoisotopic (exact) mass is 290 g/mol. The van der Waals surface area contributed by atoms with Crippen molar-refractivity contribution in [2.45, 2.75) is 64.4 Å². The molecular formula is C15H23BN2O3. The fourth-order valence-electron chi connectivity index (χ4n) is 2.23. The van der Waals surface area contributed by atoms with Gasteiger partial charge in [0.05, 0.1) is 29.1 Å². The van der Waals surface area contributed by atoms with E-state index in [2.05, 4.69) is 4.98 Å². The van der Waals surface area contributed by atoms with Crippen LogP contribution in [0.3, 0.4) is 0 Å². The summed E-state index contributed by atoms with van der Waals surface area (Å²) in [5, 5.41) is 0. The van der Waals surface area contributed by atoms with Crippen LogP contribution >= 0.6 is 0 Å². The highest BCUT2D eigenvalue weighted by atomic mass is 16.7. The molecule has 1 aliphatic carbocycles. The summed E-state index contributed by atoms with van der Waals surface area (Å²) in [5.74, 6) is 0.778. The first-order chi connectivity index (χ1) is 9.82. The second-order valence-electron chi connectivity index (χ2n) is 6.83. The molecule has 0 radical (unpaired) electrons. The summed E-state index contributed by atoms with van der Waals surface area (Å²) >= 11 is 0. The number of hydrogen-bond acceptors (Lipinski definition) is 5. The van der Waals surface area contributed by atoms with Crippen LogP contribution < -0.4 is 16.1 Å². The van der Waals surface area contributed by atoms with E-state index in [1.54, 1.807) is 6.20 Å². The minimum Gasteiger partial charge on any atom is -0.488 e. The van der Waals surface area contributed by atoms with E-state index in [1.165, 1.54) is 0 Å². The molecule has 6 heteroatoms. The predicted octanol–water partition coefficient (Wildman–Crippen LogP) is 1.38. The number of hydrogen-bond donors (Lipinski definition) is 1. The smallest absolute Gasteiger partial charge is 0.488 e. The average Bonchev–Trinajstić information content (AvgIpc) is 3.17. The van der Waals surface area contributed by atoms with Gasteiger partial charge in [-0.3, -0.25) is 4.98 Å². The van der Waals surface area contributed by atoms with Crippen LogP contribution in [0.15, 0.2) is 12.3 Å². The molecule has 2 N–H and O–H groups in total. The number of rotatable bonds is 4. The predicted molar refractivity (Wildman–Crippen MR) is 81.5 cm³/mol. The van der Waals surface area contributed by atoms with Gasteiger partial charge in [0, 0.05) is 12.1 Å². The van der Waals surface area contributed by atoms with E-state index in [1.807, 2.05) is 33.8 Å². The highest BCUT2D eigenvalue weighted by molar-refractivity contribution is 6.61. The topological polar surface area (TPSA) is 66.6 Å². The van der Waals surface area contributed by atoms with E-state index in [0.717, 1.165) is 29.7 Å². The molecule has 5 nitrogen and oxygen atoms in total. The van der Waals surface area contributed by atoms with Crippen molar-refractivity contribution >= 4 is 12.7 Å². The Morgan fingerprint density at radius 2 is 1.90 bits per heavy atom. The third kappa shape index (κ3) is 2.80. The Kier molecular flexibility index (Phi) is 3.51. The summed E-state index contributed by atoms with van der Waals surface area (Å²) in [4.78, 5) is 4.45. The first-order valence-corrected chi connectivity index (χ1v) is 7.53. The van der Waals surface area contributed by atoms with Crippen molar-refractivity contribution in [2.75, 3.05) is 0 Å². The Labute approximate surface area is 126 Å². The number of nitrogens with zero attached hydrogens (tertiary/aromatic N) is 1. The summed E-state index contributed by atoms with van der Waals surface area (Å²) in [6, 6.07) is 1.93. The lowest BCUT2D eigenvalue weighted by atomic mass is 9.83. The van der Waals surface area contributed by atoms with Crippen LogP contribution in [0.4, 0.5) is 0 Å². The Morgan fingerprint density at radius 3 is 2.43 bits per heavy atom. The first kappa shape index (κ1) is 14.8. The molecule has 3 rings (SSSR count). The number of pyridine rings is 1. The van der Waals surface area contributed by atoms with E-state index in [9.17, 15) is 0 Å². The fraction of sp³-hybridized carbons (Fsp3) is 0.667. The van der Waals surface area contributed by atoms with Crippen LogP contribution in [0, 0.1) is 0 Å². The molecule has 1 aromatic heterocycles. The van der Waals surface area contributed by atoms with E-state index < -0.39 is 7.12 Å². The lowest BCUT2D eigenvalue weighted by Crippen LogP contribution is -2.41. The molecule has 0 bridgehead atoms. The molecule has 0 atom stereocenters. The lowest BCUT2D eigenvalue weighted by molar-refractivity contribution is 0.00578. The van der Waals surface area contributed by atoms with Gasteiger partial charge in [-0.25, -0.2) is 0 Å². The van der Waals surface area contributed by atoms with E-state index in [4.69, 9.17) is 19.8 Å². The van der Waals surface area contributed by atoms with Crippen molar-refractivity contribution in [2.24, 2.45) is 5.73 Å². The van der Waals surface area contributed by atoms with Gasteiger partial charge in [0.25, 0.3) is 0 Å². The van der Waals surface area contributed by atoms with Gasteiger partial charge in [-0.15, -0.1) is 0 Å². The van der Waals surface area contributed by atoms with Crippen molar-refractivity contribution in [3.8, 4) is 5.75 Å². The van der Waals surface area contributed by atoms with Crippen molar-refractivity contribution in [3.05, 3.63) is 17.8 Å². The van der Waals surface area contributed by atoms with E-state index in [-0.39, 0.29) is 11.2 Å². The Hall–Kier alpha value is -1.11. The van der Waals surface area contributed by atoms with Crippen molar-refractivity contribution in [1.29, 1.82) is 0 Å². The molecule has 2 heterocycles. The van der Waals surface area contributed by atoms with Gasteiger partial charge in [-0.05, 0) is 46.6 Å². The summed E-state index contributed by atoms with van der Waals surface area (Å²) in [6.45, 7) is 8.53. The zero-order chi connectivity index (χ0) is 15.3. The number of nitrogens with two attached hydrogens (primary N) is 1. The summed E-state index contributed by atoms with van der Waals surface area (Å²) in [6.07, 6.45) is 4.30. The molecule has 1 saturated heterocycles. The fourth-order valence-corrected chi connectivity index (χ4v) is 2.23. The number of aromatic nitrogens is 1. The Bertz CT molecular complexity index is 528. The second-order valence-corrected chi connectivity index (χ2v) is 6.83. The van der Waals surface area contributed by atoms with Gasteiger partial charge in [0.2, 0.25) is 0 Å². The SMILES string of the molecule is CC1(C)OB(c2cc(CN)c(OC3CC3)cn2)OC1(C)C. The zero-order valence-corrected chi connectivity index (χ0v) is 13.2. The van der Waals surface area contributed by atoms with Crippen LogP contribution in [0.25, 0.3) is 0 Å². The molecule has 114 valence electrons. The summed E-state index contributed by atoms with van der Waals surface area (Å²) in [7, 11) is -0.463. The molecule has 2 aliphatic rings. The van der Waals surface area contributed by atoms with Crippen LogP contribution in [0.2, 0.25) is 0 Å². The second kappa shape index (κ2) is 4.97. The maximum absolute atomic E-state index is 6.02. The normalized spacial score (nSPS) is 23.4. The van der Waals surface area contributed by atoms with Crippen LogP contribution in [-0.2, 0) is 15.9 Å². The van der Waals surface area contributed by atoms with Gasteiger partial charge >= 0.3 is 7.12 Å². The Balaban J connectivity index is 1.83. The zero-order valence-electron chi connectivity index (χ0n) is 13.2. The minimum atomic E-state index is -0.463. The average molecular weight is 290 g/mol. The molecule has 0 unspecified atom stereocenters.